The predicted octanol–water partition coefficient (Wildman–Crippen LogP) is 2.05. The van der Waals surface area contributed by atoms with Gasteiger partial charge in [-0.25, -0.2) is 0 Å². The van der Waals surface area contributed by atoms with Crippen molar-refractivity contribution >= 4 is 5.69 Å². The molecule has 1 N–H and O–H groups in total. The van der Waals surface area contributed by atoms with Crippen molar-refractivity contribution in [2.75, 3.05) is 11.9 Å². The highest BCUT2D eigenvalue weighted by atomic mass is 16.3. The topological polar surface area (TPSA) is 54.4 Å². The Bertz CT molecular complexity index is 374. The van der Waals surface area contributed by atoms with E-state index in [2.05, 4.69) is 29.3 Å². The largest absolute Gasteiger partial charge is 0.383 e. The molecule has 0 atom stereocenters. The molecule has 1 aromatic rings. The second-order valence-corrected chi connectivity index (χ2v) is 4.22. The molecule has 0 spiro atoms. The zero-order valence-electron chi connectivity index (χ0n) is 8.37. The molecule has 0 saturated carbocycles. The average molecular weight is 191 g/mol. The number of hydrogen-bond acceptors (Lipinski definition) is 4. The summed E-state index contributed by atoms with van der Waals surface area (Å²) in [6.45, 7) is 5.32. The van der Waals surface area contributed by atoms with E-state index in [1.165, 1.54) is 0 Å². The van der Waals surface area contributed by atoms with Gasteiger partial charge in [-0.3, -0.25) is 4.98 Å². The van der Waals surface area contributed by atoms with Gasteiger partial charge in [0.1, 0.15) is 6.54 Å². The third-order valence-corrected chi connectivity index (χ3v) is 2.54. The standard InChI is InChI=1S/C10H13N3O/c1-10(2)6-11-8-4-3-7(5-12-14)13-9(8)10/h3-4,11H,5-6H2,1-2H3. The summed E-state index contributed by atoms with van der Waals surface area (Å²) < 4.78 is 0. The molecule has 74 valence electrons. The lowest BCUT2D eigenvalue weighted by Gasteiger charge is -2.15. The van der Waals surface area contributed by atoms with Crippen LogP contribution in [0.3, 0.4) is 0 Å². The Morgan fingerprint density at radius 2 is 2.36 bits per heavy atom. The van der Waals surface area contributed by atoms with Gasteiger partial charge < -0.3 is 5.32 Å². The number of nitrogens with one attached hydrogen (secondary N) is 1. The van der Waals surface area contributed by atoms with Crippen molar-refractivity contribution in [1.82, 2.24) is 4.98 Å². The van der Waals surface area contributed by atoms with Crippen LogP contribution in [0, 0.1) is 4.91 Å². The Labute approximate surface area is 82.7 Å². The smallest absolute Gasteiger partial charge is 0.123 e. The first-order valence-corrected chi connectivity index (χ1v) is 4.67. The van der Waals surface area contributed by atoms with Crippen LogP contribution in [0.2, 0.25) is 0 Å². The van der Waals surface area contributed by atoms with Gasteiger partial charge >= 0.3 is 0 Å². The molecule has 1 aliphatic heterocycles. The molecule has 1 aliphatic rings. The predicted molar refractivity (Wildman–Crippen MR) is 55.3 cm³/mol. The van der Waals surface area contributed by atoms with E-state index >= 15 is 0 Å². The molecule has 2 heterocycles. The van der Waals surface area contributed by atoms with Gasteiger partial charge in [0, 0.05) is 12.0 Å². The third-order valence-electron chi connectivity index (χ3n) is 2.54. The lowest BCUT2D eigenvalue weighted by Crippen LogP contribution is -2.20. The number of pyridine rings is 1. The first-order chi connectivity index (χ1) is 6.63. The summed E-state index contributed by atoms with van der Waals surface area (Å²) in [7, 11) is 0. The third kappa shape index (κ3) is 1.36. The highest BCUT2D eigenvalue weighted by Gasteiger charge is 2.31. The van der Waals surface area contributed by atoms with Crippen molar-refractivity contribution in [3.63, 3.8) is 0 Å². The second kappa shape index (κ2) is 3.04. The highest BCUT2D eigenvalue weighted by molar-refractivity contribution is 5.56. The molecule has 2 rings (SSSR count). The van der Waals surface area contributed by atoms with Crippen molar-refractivity contribution < 1.29 is 0 Å². The summed E-state index contributed by atoms with van der Waals surface area (Å²) in [6.07, 6.45) is 0. The zero-order chi connectivity index (χ0) is 10.2. The molecule has 0 aromatic carbocycles. The van der Waals surface area contributed by atoms with Crippen molar-refractivity contribution in [3.8, 4) is 0 Å². The SMILES string of the molecule is CC1(C)CNc2ccc(CN=O)nc21. The molecule has 0 amide bonds. The Morgan fingerprint density at radius 3 is 3.07 bits per heavy atom. The number of nitroso groups, excluding NO2 is 1. The summed E-state index contributed by atoms with van der Waals surface area (Å²) in [4.78, 5) is 14.6. The molecule has 1 aromatic heterocycles. The van der Waals surface area contributed by atoms with Crippen LogP contribution in [0.15, 0.2) is 17.3 Å². The summed E-state index contributed by atoms with van der Waals surface area (Å²) in [5.74, 6) is 0. The van der Waals surface area contributed by atoms with Gasteiger partial charge in [-0.05, 0) is 12.1 Å². The molecule has 0 unspecified atom stereocenters. The van der Waals surface area contributed by atoms with E-state index < -0.39 is 0 Å². The van der Waals surface area contributed by atoms with E-state index in [0.717, 1.165) is 23.6 Å². The normalized spacial score (nSPS) is 17.3. The van der Waals surface area contributed by atoms with E-state index in [1.807, 2.05) is 12.1 Å². The van der Waals surface area contributed by atoms with E-state index in [9.17, 15) is 4.91 Å². The summed E-state index contributed by atoms with van der Waals surface area (Å²) in [6, 6.07) is 3.81. The van der Waals surface area contributed by atoms with Gasteiger partial charge in [0.2, 0.25) is 0 Å². The number of fused-ring (bicyclic) bond motifs is 1. The second-order valence-electron chi connectivity index (χ2n) is 4.22. The minimum absolute atomic E-state index is 0.0498. The molecule has 0 saturated heterocycles. The van der Waals surface area contributed by atoms with Crippen LogP contribution in [0.4, 0.5) is 5.69 Å². The summed E-state index contributed by atoms with van der Waals surface area (Å²) >= 11 is 0. The summed E-state index contributed by atoms with van der Waals surface area (Å²) in [5, 5.41) is 6.13. The Kier molecular flexibility index (Phi) is 1.98. The highest BCUT2D eigenvalue weighted by Crippen LogP contribution is 2.34. The first kappa shape index (κ1) is 9.12. The first-order valence-electron chi connectivity index (χ1n) is 4.67. The van der Waals surface area contributed by atoms with Crippen LogP contribution in [-0.2, 0) is 12.0 Å². The van der Waals surface area contributed by atoms with Gasteiger partial charge in [-0.15, -0.1) is 0 Å². The molecule has 0 fully saturated rings. The van der Waals surface area contributed by atoms with E-state index in [0.29, 0.717) is 0 Å². The van der Waals surface area contributed by atoms with Crippen molar-refractivity contribution in [3.05, 3.63) is 28.4 Å². The van der Waals surface area contributed by atoms with Gasteiger partial charge in [-0.2, -0.15) is 4.91 Å². The molecule has 0 radical (unpaired) electrons. The molecule has 4 heteroatoms. The molecule has 0 bridgehead atoms. The zero-order valence-corrected chi connectivity index (χ0v) is 8.37. The lowest BCUT2D eigenvalue weighted by atomic mass is 9.91. The average Bonchev–Trinajstić information content (AvgIpc) is 2.44. The van der Waals surface area contributed by atoms with Gasteiger partial charge in [0.15, 0.2) is 0 Å². The van der Waals surface area contributed by atoms with Gasteiger partial charge in [0.05, 0.1) is 17.1 Å². The molecule has 14 heavy (non-hydrogen) atoms. The van der Waals surface area contributed by atoms with Crippen LogP contribution in [0.25, 0.3) is 0 Å². The molecular formula is C10H13N3O. The molecular weight excluding hydrogens is 178 g/mol. The van der Waals surface area contributed by atoms with Crippen molar-refractivity contribution in [2.45, 2.75) is 25.8 Å². The van der Waals surface area contributed by atoms with E-state index in [-0.39, 0.29) is 12.0 Å². The summed E-state index contributed by atoms with van der Waals surface area (Å²) in [5.41, 5.74) is 2.91. The van der Waals surface area contributed by atoms with E-state index in [1.54, 1.807) is 0 Å². The van der Waals surface area contributed by atoms with Crippen LogP contribution >= 0.6 is 0 Å². The Balaban J connectivity index is 2.42. The van der Waals surface area contributed by atoms with Crippen LogP contribution in [-0.4, -0.2) is 11.5 Å². The maximum absolute atomic E-state index is 10.1. The fourth-order valence-electron chi connectivity index (χ4n) is 1.71. The minimum Gasteiger partial charge on any atom is -0.383 e. The fourth-order valence-corrected chi connectivity index (χ4v) is 1.71. The number of anilines is 1. The van der Waals surface area contributed by atoms with Crippen LogP contribution in [0.1, 0.15) is 25.2 Å². The van der Waals surface area contributed by atoms with Crippen molar-refractivity contribution in [1.29, 1.82) is 0 Å². The van der Waals surface area contributed by atoms with Gasteiger partial charge in [-0.1, -0.05) is 19.0 Å². The quantitative estimate of drug-likeness (QED) is 0.728. The fraction of sp³-hybridized carbons (Fsp3) is 0.500. The number of aromatic nitrogens is 1. The van der Waals surface area contributed by atoms with Crippen molar-refractivity contribution in [2.24, 2.45) is 5.18 Å². The monoisotopic (exact) mass is 191 g/mol. The Hall–Kier alpha value is -1.45. The minimum atomic E-state index is 0.0498. The number of hydrogen-bond donors (Lipinski definition) is 1. The van der Waals surface area contributed by atoms with Gasteiger partial charge in [0.25, 0.3) is 0 Å². The maximum Gasteiger partial charge on any atom is 0.123 e. The maximum atomic E-state index is 10.1. The number of rotatable bonds is 2. The molecule has 0 aliphatic carbocycles. The Morgan fingerprint density at radius 1 is 1.57 bits per heavy atom. The van der Waals surface area contributed by atoms with E-state index in [4.69, 9.17) is 0 Å². The lowest BCUT2D eigenvalue weighted by molar-refractivity contribution is 0.566. The number of nitrogens with zero attached hydrogens (tertiary/aromatic N) is 2. The van der Waals surface area contributed by atoms with Crippen LogP contribution in [0.5, 0.6) is 0 Å². The van der Waals surface area contributed by atoms with Crippen LogP contribution < -0.4 is 5.32 Å². The molecule has 4 nitrogen and oxygen atoms in total.